The summed E-state index contributed by atoms with van der Waals surface area (Å²) in [6.45, 7) is 1.90. The molecule has 1 saturated carbocycles. The van der Waals surface area contributed by atoms with Crippen LogP contribution in [0.15, 0.2) is 24.3 Å². The highest BCUT2D eigenvalue weighted by Gasteiger charge is 2.37. The van der Waals surface area contributed by atoms with Gasteiger partial charge in [0.25, 0.3) is 0 Å². The zero-order valence-corrected chi connectivity index (χ0v) is 16.3. The Morgan fingerprint density at radius 2 is 1.92 bits per heavy atom. The fraction of sp³-hybridized carbons (Fsp3) is 0.619. The van der Waals surface area contributed by atoms with E-state index < -0.39 is 0 Å². The molecule has 1 aromatic carbocycles. The Bertz CT molecular complexity index is 848. The van der Waals surface area contributed by atoms with E-state index in [9.17, 15) is 0 Å². The standard InChI is InChI=1S/C21H28N4S/c26-21-23-14-5-1-2-11-20(23)22-25(21)15-24(17-12-13-17)19-10-6-8-16-7-3-4-9-18(16)19/h3-4,7,9,17,19H,1-2,5-6,8,10-15H2. The summed E-state index contributed by atoms with van der Waals surface area (Å²) in [6, 6.07) is 10.3. The van der Waals surface area contributed by atoms with Crippen LogP contribution < -0.4 is 0 Å². The summed E-state index contributed by atoms with van der Waals surface area (Å²) in [5.41, 5.74) is 3.08. The van der Waals surface area contributed by atoms with E-state index in [0.29, 0.717) is 12.1 Å². The number of rotatable bonds is 4. The SMILES string of the molecule is S=c1n(CN(C2CC2)C2CCCc3ccccc32)nc2n1CCCCC2. The average Bonchev–Trinajstić information content (AvgIpc) is 3.49. The van der Waals surface area contributed by atoms with Crippen molar-refractivity contribution in [1.82, 2.24) is 19.2 Å². The number of nitrogens with zero attached hydrogens (tertiary/aromatic N) is 4. The molecule has 4 nitrogen and oxygen atoms in total. The predicted octanol–water partition coefficient (Wildman–Crippen LogP) is 4.64. The van der Waals surface area contributed by atoms with Crippen molar-refractivity contribution < 1.29 is 0 Å². The van der Waals surface area contributed by atoms with Crippen LogP contribution >= 0.6 is 12.2 Å². The van der Waals surface area contributed by atoms with E-state index in [1.54, 1.807) is 5.56 Å². The Morgan fingerprint density at radius 1 is 1.04 bits per heavy atom. The molecule has 0 saturated heterocycles. The molecule has 2 heterocycles. The third-order valence-electron chi connectivity index (χ3n) is 6.33. The highest BCUT2D eigenvalue weighted by Crippen LogP contribution is 2.41. The minimum atomic E-state index is 0.524. The van der Waals surface area contributed by atoms with E-state index >= 15 is 0 Å². The minimum Gasteiger partial charge on any atom is -0.304 e. The maximum Gasteiger partial charge on any atom is 0.199 e. The quantitative estimate of drug-likeness (QED) is 0.735. The molecule has 0 radical (unpaired) electrons. The van der Waals surface area contributed by atoms with Gasteiger partial charge in [0, 0.05) is 25.0 Å². The van der Waals surface area contributed by atoms with Crippen molar-refractivity contribution in [1.29, 1.82) is 0 Å². The van der Waals surface area contributed by atoms with Crippen molar-refractivity contribution in [2.45, 2.75) is 83.1 Å². The van der Waals surface area contributed by atoms with E-state index in [4.69, 9.17) is 17.3 Å². The van der Waals surface area contributed by atoms with Crippen LogP contribution in [0.1, 0.15) is 67.9 Å². The zero-order valence-electron chi connectivity index (χ0n) is 15.4. The van der Waals surface area contributed by atoms with Crippen molar-refractivity contribution in [2.24, 2.45) is 0 Å². The monoisotopic (exact) mass is 368 g/mol. The predicted molar refractivity (Wildman–Crippen MR) is 106 cm³/mol. The Morgan fingerprint density at radius 3 is 2.81 bits per heavy atom. The first-order chi connectivity index (χ1) is 12.8. The highest BCUT2D eigenvalue weighted by atomic mass is 32.1. The fourth-order valence-corrected chi connectivity index (χ4v) is 5.11. The third-order valence-corrected chi connectivity index (χ3v) is 6.76. The van der Waals surface area contributed by atoms with Gasteiger partial charge in [-0.3, -0.25) is 4.90 Å². The summed E-state index contributed by atoms with van der Waals surface area (Å²) in [5.74, 6) is 1.20. The lowest BCUT2D eigenvalue weighted by molar-refractivity contribution is 0.118. The molecule has 1 unspecified atom stereocenters. The van der Waals surface area contributed by atoms with Crippen LogP contribution in [0, 0.1) is 4.77 Å². The number of hydrogen-bond donors (Lipinski definition) is 0. The van der Waals surface area contributed by atoms with E-state index in [1.807, 2.05) is 0 Å². The van der Waals surface area contributed by atoms with Gasteiger partial charge in [-0.2, -0.15) is 5.10 Å². The van der Waals surface area contributed by atoms with Crippen LogP contribution in [-0.4, -0.2) is 25.3 Å². The van der Waals surface area contributed by atoms with Gasteiger partial charge >= 0.3 is 0 Å². The molecule has 5 heteroatoms. The molecule has 0 spiro atoms. The molecule has 138 valence electrons. The Balaban J connectivity index is 1.46. The molecule has 0 amide bonds. The summed E-state index contributed by atoms with van der Waals surface area (Å²) < 4.78 is 5.34. The molecule has 1 atom stereocenters. The van der Waals surface area contributed by atoms with Crippen LogP contribution in [0.25, 0.3) is 0 Å². The highest BCUT2D eigenvalue weighted by molar-refractivity contribution is 7.71. The van der Waals surface area contributed by atoms with Gasteiger partial charge < -0.3 is 4.57 Å². The molecule has 26 heavy (non-hydrogen) atoms. The number of fused-ring (bicyclic) bond motifs is 2. The van der Waals surface area contributed by atoms with E-state index in [1.165, 1.54) is 62.8 Å². The summed E-state index contributed by atoms with van der Waals surface area (Å²) in [5, 5.41) is 4.94. The Hall–Kier alpha value is -1.46. The van der Waals surface area contributed by atoms with Gasteiger partial charge in [-0.1, -0.05) is 30.7 Å². The molecule has 2 aliphatic carbocycles. The van der Waals surface area contributed by atoms with Gasteiger partial charge in [-0.05, 0) is 68.3 Å². The van der Waals surface area contributed by atoms with Crippen molar-refractivity contribution in [2.75, 3.05) is 0 Å². The number of aryl methyl sites for hydroxylation is 2. The van der Waals surface area contributed by atoms with Crippen molar-refractivity contribution in [3.8, 4) is 0 Å². The maximum absolute atomic E-state index is 5.81. The van der Waals surface area contributed by atoms with E-state index in [0.717, 1.165) is 24.4 Å². The minimum absolute atomic E-state index is 0.524. The summed E-state index contributed by atoms with van der Waals surface area (Å²) in [4.78, 5) is 2.70. The second kappa shape index (κ2) is 6.93. The fourth-order valence-electron chi connectivity index (χ4n) is 4.82. The van der Waals surface area contributed by atoms with Crippen LogP contribution in [0.5, 0.6) is 0 Å². The molecule has 1 aromatic heterocycles. The average molecular weight is 369 g/mol. The number of benzene rings is 1. The third kappa shape index (κ3) is 3.05. The lowest BCUT2D eigenvalue weighted by atomic mass is 9.87. The van der Waals surface area contributed by atoms with E-state index in [-0.39, 0.29) is 0 Å². The second-order valence-electron chi connectivity index (χ2n) is 8.15. The first-order valence-corrected chi connectivity index (χ1v) is 10.7. The van der Waals surface area contributed by atoms with Crippen molar-refractivity contribution in [3.63, 3.8) is 0 Å². The molecule has 2 aromatic rings. The van der Waals surface area contributed by atoms with Gasteiger partial charge in [-0.25, -0.2) is 4.68 Å². The Labute approximate surface area is 160 Å². The molecule has 5 rings (SSSR count). The second-order valence-corrected chi connectivity index (χ2v) is 8.52. The van der Waals surface area contributed by atoms with Gasteiger partial charge in [-0.15, -0.1) is 0 Å². The van der Waals surface area contributed by atoms with Crippen LogP contribution in [0.4, 0.5) is 0 Å². The lowest BCUT2D eigenvalue weighted by Crippen LogP contribution is -2.35. The topological polar surface area (TPSA) is 26.0 Å². The Kier molecular flexibility index (Phi) is 4.45. The number of aromatic nitrogens is 3. The zero-order chi connectivity index (χ0) is 17.5. The van der Waals surface area contributed by atoms with Gasteiger partial charge in [0.15, 0.2) is 4.77 Å². The molecule has 1 fully saturated rings. The van der Waals surface area contributed by atoms with Gasteiger partial charge in [0.05, 0.1) is 6.67 Å². The smallest absolute Gasteiger partial charge is 0.199 e. The van der Waals surface area contributed by atoms with Crippen LogP contribution in [-0.2, 0) is 26.1 Å². The largest absolute Gasteiger partial charge is 0.304 e. The molecule has 0 N–H and O–H groups in total. The first kappa shape index (κ1) is 16.7. The summed E-state index contributed by atoms with van der Waals surface area (Å²) >= 11 is 5.81. The maximum atomic E-state index is 5.81. The van der Waals surface area contributed by atoms with Crippen molar-refractivity contribution >= 4 is 12.2 Å². The first-order valence-electron chi connectivity index (χ1n) is 10.3. The molecule has 0 bridgehead atoms. The number of hydrogen-bond acceptors (Lipinski definition) is 3. The van der Waals surface area contributed by atoms with Gasteiger partial charge in [0.1, 0.15) is 5.82 Å². The molecular weight excluding hydrogens is 340 g/mol. The van der Waals surface area contributed by atoms with Crippen LogP contribution in [0.2, 0.25) is 0 Å². The molecular formula is C21H28N4S. The summed E-state index contributed by atoms with van der Waals surface area (Å²) in [6.07, 6.45) is 11.3. The van der Waals surface area contributed by atoms with Crippen LogP contribution in [0.3, 0.4) is 0 Å². The van der Waals surface area contributed by atoms with Crippen molar-refractivity contribution in [3.05, 3.63) is 46.0 Å². The molecule has 1 aliphatic heterocycles. The van der Waals surface area contributed by atoms with E-state index in [2.05, 4.69) is 38.4 Å². The normalized spacial score (nSPS) is 22.7. The summed E-state index contributed by atoms with van der Waals surface area (Å²) in [7, 11) is 0. The lowest BCUT2D eigenvalue weighted by Gasteiger charge is -2.36. The van der Waals surface area contributed by atoms with Gasteiger partial charge in [0.2, 0.25) is 0 Å². The molecule has 3 aliphatic rings.